The first-order valence-electron chi connectivity index (χ1n) is 12.4. The van der Waals surface area contributed by atoms with Crippen molar-refractivity contribution >= 4 is 0 Å². The first-order chi connectivity index (χ1) is 13.3. The SMILES string of the molecule is CCCCCCCCCCCc1n(CCCC)cc[n+]1CCCCCCC. The molecule has 0 bridgehead atoms. The Kier molecular flexibility index (Phi) is 15.6. The number of rotatable bonds is 19. The topological polar surface area (TPSA) is 8.81 Å². The molecule has 0 aliphatic heterocycles. The molecule has 0 N–H and O–H groups in total. The van der Waals surface area contributed by atoms with E-state index in [-0.39, 0.29) is 0 Å². The van der Waals surface area contributed by atoms with Gasteiger partial charge in [-0.3, -0.25) is 0 Å². The Morgan fingerprint density at radius 2 is 1.15 bits per heavy atom. The van der Waals surface area contributed by atoms with Crippen LogP contribution in [0, 0.1) is 0 Å². The second-order valence-electron chi connectivity index (χ2n) is 8.45. The van der Waals surface area contributed by atoms with Crippen LogP contribution in [0.5, 0.6) is 0 Å². The molecule has 158 valence electrons. The Morgan fingerprint density at radius 1 is 0.630 bits per heavy atom. The van der Waals surface area contributed by atoms with Crippen molar-refractivity contribution in [3.05, 3.63) is 18.2 Å². The lowest BCUT2D eigenvalue weighted by Crippen LogP contribution is -2.37. The summed E-state index contributed by atoms with van der Waals surface area (Å²) in [6, 6.07) is 0. The Hall–Kier alpha value is -0.790. The Morgan fingerprint density at radius 3 is 1.74 bits per heavy atom. The highest BCUT2D eigenvalue weighted by atomic mass is 15.1. The maximum absolute atomic E-state index is 2.56. The van der Waals surface area contributed by atoms with Crippen LogP contribution in [0.4, 0.5) is 0 Å². The first-order valence-corrected chi connectivity index (χ1v) is 12.4. The third-order valence-electron chi connectivity index (χ3n) is 5.85. The molecule has 0 fully saturated rings. The number of aryl methyl sites for hydroxylation is 2. The number of hydrogen-bond acceptors (Lipinski definition) is 0. The van der Waals surface area contributed by atoms with Gasteiger partial charge in [0.15, 0.2) is 0 Å². The average molecular weight is 378 g/mol. The third-order valence-corrected chi connectivity index (χ3v) is 5.85. The molecule has 0 aliphatic rings. The van der Waals surface area contributed by atoms with E-state index in [1.165, 1.54) is 122 Å². The number of imidazole rings is 1. The maximum atomic E-state index is 2.56. The highest BCUT2D eigenvalue weighted by Gasteiger charge is 2.16. The average Bonchev–Trinajstić information content (AvgIpc) is 3.06. The van der Waals surface area contributed by atoms with Gasteiger partial charge >= 0.3 is 0 Å². The summed E-state index contributed by atoms with van der Waals surface area (Å²) in [5.74, 6) is 1.59. The minimum absolute atomic E-state index is 1.20. The summed E-state index contributed by atoms with van der Waals surface area (Å²) in [6.45, 7) is 9.31. The van der Waals surface area contributed by atoms with Crippen molar-refractivity contribution < 1.29 is 4.57 Å². The highest BCUT2D eigenvalue weighted by molar-refractivity contribution is 4.84. The minimum atomic E-state index is 1.20. The van der Waals surface area contributed by atoms with Crippen LogP contribution in [0.3, 0.4) is 0 Å². The lowest BCUT2D eigenvalue weighted by Gasteiger charge is -2.06. The fourth-order valence-corrected chi connectivity index (χ4v) is 4.00. The lowest BCUT2D eigenvalue weighted by atomic mass is 10.1. The summed E-state index contributed by atoms with van der Waals surface area (Å²) in [5, 5.41) is 0. The molecule has 1 aromatic rings. The highest BCUT2D eigenvalue weighted by Crippen LogP contribution is 2.12. The van der Waals surface area contributed by atoms with E-state index < -0.39 is 0 Å². The van der Waals surface area contributed by atoms with E-state index in [0.717, 1.165) is 0 Å². The molecule has 0 amide bonds. The zero-order valence-corrected chi connectivity index (χ0v) is 19.0. The quantitative estimate of drug-likeness (QED) is 0.173. The number of unbranched alkanes of at least 4 members (excludes halogenated alkanes) is 13. The molecule has 1 rings (SSSR count). The van der Waals surface area contributed by atoms with Crippen LogP contribution in [-0.4, -0.2) is 4.57 Å². The predicted octanol–water partition coefficient (Wildman–Crippen LogP) is 7.62. The largest absolute Gasteiger partial charge is 0.256 e. The van der Waals surface area contributed by atoms with Crippen LogP contribution in [0.15, 0.2) is 12.4 Å². The number of aromatic nitrogens is 2. The summed E-state index contributed by atoms with van der Waals surface area (Å²) in [6.07, 6.45) is 28.2. The van der Waals surface area contributed by atoms with Crippen molar-refractivity contribution in [2.24, 2.45) is 0 Å². The van der Waals surface area contributed by atoms with Crippen molar-refractivity contribution in [1.29, 1.82) is 0 Å². The van der Waals surface area contributed by atoms with Crippen LogP contribution >= 0.6 is 0 Å². The molecule has 0 saturated carbocycles. The zero-order valence-electron chi connectivity index (χ0n) is 19.0. The van der Waals surface area contributed by atoms with Gasteiger partial charge in [0, 0.05) is 6.42 Å². The van der Waals surface area contributed by atoms with Crippen LogP contribution in [0.2, 0.25) is 0 Å². The Bertz CT molecular complexity index is 436. The molecule has 0 radical (unpaired) electrons. The van der Waals surface area contributed by atoms with E-state index in [1.807, 2.05) is 0 Å². The van der Waals surface area contributed by atoms with Crippen LogP contribution < -0.4 is 4.57 Å². The second-order valence-corrected chi connectivity index (χ2v) is 8.45. The molecular weight excluding hydrogens is 328 g/mol. The zero-order chi connectivity index (χ0) is 19.6. The van der Waals surface area contributed by atoms with Gasteiger partial charge in [0.1, 0.15) is 12.4 Å². The van der Waals surface area contributed by atoms with Crippen molar-refractivity contribution in [3.63, 3.8) is 0 Å². The van der Waals surface area contributed by atoms with Crippen molar-refractivity contribution in [1.82, 2.24) is 4.57 Å². The fourth-order valence-electron chi connectivity index (χ4n) is 4.00. The molecule has 0 spiro atoms. The molecule has 27 heavy (non-hydrogen) atoms. The van der Waals surface area contributed by atoms with Gasteiger partial charge in [0.05, 0.1) is 13.1 Å². The molecule has 0 unspecified atom stereocenters. The van der Waals surface area contributed by atoms with E-state index in [0.29, 0.717) is 0 Å². The molecule has 1 heterocycles. The number of hydrogen-bond donors (Lipinski definition) is 0. The van der Waals surface area contributed by atoms with E-state index in [9.17, 15) is 0 Å². The van der Waals surface area contributed by atoms with E-state index >= 15 is 0 Å². The fraction of sp³-hybridized carbons (Fsp3) is 0.880. The summed E-state index contributed by atoms with van der Waals surface area (Å²) in [4.78, 5) is 0. The normalized spacial score (nSPS) is 11.4. The summed E-state index contributed by atoms with van der Waals surface area (Å²) < 4.78 is 5.10. The molecule has 0 aromatic carbocycles. The molecule has 1 aromatic heterocycles. The van der Waals surface area contributed by atoms with Gasteiger partial charge in [-0.25, -0.2) is 9.13 Å². The van der Waals surface area contributed by atoms with Gasteiger partial charge in [-0.05, 0) is 25.7 Å². The molecule has 2 nitrogen and oxygen atoms in total. The van der Waals surface area contributed by atoms with E-state index in [1.54, 1.807) is 5.82 Å². The van der Waals surface area contributed by atoms with Gasteiger partial charge in [-0.2, -0.15) is 0 Å². The van der Waals surface area contributed by atoms with Gasteiger partial charge in [0.25, 0.3) is 5.82 Å². The monoisotopic (exact) mass is 377 g/mol. The molecule has 0 saturated heterocycles. The Labute approximate surface area is 170 Å². The maximum Gasteiger partial charge on any atom is 0.256 e. The molecular formula is C25H49N2+. The van der Waals surface area contributed by atoms with Crippen LogP contribution in [0.1, 0.15) is 129 Å². The predicted molar refractivity (Wildman–Crippen MR) is 119 cm³/mol. The summed E-state index contributed by atoms with van der Waals surface area (Å²) in [7, 11) is 0. The molecule has 0 atom stereocenters. The third kappa shape index (κ3) is 11.6. The van der Waals surface area contributed by atoms with E-state index in [4.69, 9.17) is 0 Å². The van der Waals surface area contributed by atoms with Gasteiger partial charge < -0.3 is 0 Å². The second kappa shape index (κ2) is 17.3. The molecule has 2 heteroatoms. The number of nitrogens with zero attached hydrogens (tertiary/aromatic N) is 2. The smallest absolute Gasteiger partial charge is 0.234 e. The lowest BCUT2D eigenvalue weighted by molar-refractivity contribution is -0.704. The van der Waals surface area contributed by atoms with Gasteiger partial charge in [-0.1, -0.05) is 97.8 Å². The van der Waals surface area contributed by atoms with Crippen molar-refractivity contribution in [3.8, 4) is 0 Å². The summed E-state index contributed by atoms with van der Waals surface area (Å²) >= 11 is 0. The Balaban J connectivity index is 2.32. The van der Waals surface area contributed by atoms with Crippen LogP contribution in [-0.2, 0) is 19.5 Å². The van der Waals surface area contributed by atoms with E-state index in [2.05, 4.69) is 42.3 Å². The summed E-state index contributed by atoms with van der Waals surface area (Å²) in [5.41, 5.74) is 0. The van der Waals surface area contributed by atoms with Crippen LogP contribution in [0.25, 0.3) is 0 Å². The minimum Gasteiger partial charge on any atom is -0.234 e. The van der Waals surface area contributed by atoms with Crippen molar-refractivity contribution in [2.75, 3.05) is 0 Å². The van der Waals surface area contributed by atoms with Gasteiger partial charge in [-0.15, -0.1) is 0 Å². The standard InChI is InChI=1S/C25H49N2/c1-4-7-10-12-13-14-15-16-18-20-25-26(21-9-6-3)23-24-27(25)22-19-17-11-8-5-2/h23-24H,4-22H2,1-3H3/q+1. The van der Waals surface area contributed by atoms with Gasteiger partial charge in [0.2, 0.25) is 0 Å². The molecule has 0 aliphatic carbocycles. The first kappa shape index (κ1) is 24.2. The van der Waals surface area contributed by atoms with Crippen molar-refractivity contribution in [2.45, 2.75) is 143 Å².